The van der Waals surface area contributed by atoms with Crippen LogP contribution in [0.2, 0.25) is 75.5 Å². The van der Waals surface area contributed by atoms with E-state index in [4.69, 9.17) is 73.3 Å². The van der Waals surface area contributed by atoms with Crippen LogP contribution in [0.5, 0.6) is 0 Å². The van der Waals surface area contributed by atoms with Gasteiger partial charge < -0.3 is 88.6 Å². The molecule has 0 saturated carbocycles. The van der Waals surface area contributed by atoms with Crippen LogP contribution in [-0.2, 0) is 181 Å². The summed E-state index contributed by atoms with van der Waals surface area (Å²) in [6.45, 7) is 35.5. The van der Waals surface area contributed by atoms with Crippen molar-refractivity contribution in [2.45, 2.75) is 211 Å². The van der Waals surface area contributed by atoms with Crippen molar-refractivity contribution < 1.29 is 238 Å². The second kappa shape index (κ2) is 115. The summed E-state index contributed by atoms with van der Waals surface area (Å²) in [7, 11) is 2.55. The van der Waals surface area contributed by atoms with E-state index in [1.807, 2.05) is 33.5 Å². The summed E-state index contributed by atoms with van der Waals surface area (Å²) in [5, 5.41) is 134. The van der Waals surface area contributed by atoms with Gasteiger partial charge in [0, 0.05) is 285 Å². The second-order valence-corrected chi connectivity index (χ2v) is 40.5. The minimum absolute atomic E-state index is 0. The smallest absolute Gasteiger partial charge is 0.106 e. The second-order valence-electron chi connectivity index (χ2n) is 19.0. The van der Waals surface area contributed by atoms with Crippen LogP contribution in [0, 0.1) is 32.5 Å². The molecule has 0 saturated heterocycles. The standard InChI is InChI=1S/C9H21NOSi.C8H19NOSi.C6H15NOSi.C5H13NOSi.C5H11NO.2C4H9NO.C4H7NO.2C3H7NO.C2H5NO.11Ni/c1-5-12(6-2,7-3)9(11)8-10-4;1-4-11(5-2,6-3)8(10)7-9;1-7-5-6(8)9(2,3)4;1-8(2,3)5(7)4-6;1-3-5(7)4-6-2;1-4(6)3-5-2;2*1-2-4(6)3-5;1-4-2-3-5;1-3(5)2-4;3-1-2-4;;;;;;;;;;;/h8-9,11H,5-7H2,1-4H3;7-10H,4-6H2,1-3H3;5-6,8H,1-4H3;4-7H,1-3H3;4-5,7H,3H2,1-2H3;3-4,6H,1-2H3;3-6H,2H2,1H3;2-6H,1H2;2,5H,3H2,1H3;2-5H,1H3;1,3-4H,2H2;;;;;;;;;;;. The van der Waals surface area contributed by atoms with E-state index in [0.717, 1.165) is 73.8 Å². The molecule has 0 heterocycles. The molecule has 0 amide bonds. The van der Waals surface area contributed by atoms with Crippen LogP contribution < -0.4 is 0 Å². The first-order valence-corrected chi connectivity index (χ1v) is 39.2. The predicted octanol–water partition coefficient (Wildman–Crippen LogP) is 6.35. The zero-order chi connectivity index (χ0) is 65.3. The third-order valence-corrected chi connectivity index (χ3v) is 26.0. The van der Waals surface area contributed by atoms with Gasteiger partial charge in [-0.3, -0.25) is 25.0 Å². The zero-order valence-corrected chi connectivity index (χ0v) is 71.4. The fraction of sp³-hybridized carbons (Fsp3) is 0.755. The SMILES string of the molecule is C=CC(O)C=N.CC(O)C=N.CCC(O)C=N.CCC(O)C=NC.CC[Si](CC)(CC)C(O)C=N.CC[Si](CC)(CC)C(O)C=NC.CN=CC(C)O.CN=CC(O)[Si](C)(C)C.CN=CCO.C[Si](C)(C)C(O)C=N.N=CCO.[Ni].[Ni].[Ni].[Ni].[Ni].[Ni].[Ni].[Ni].[Ni].[Ni].[Ni]. The summed E-state index contributed by atoms with van der Waals surface area (Å²) < 4.78 is 0. The van der Waals surface area contributed by atoms with Crippen molar-refractivity contribution in [1.29, 1.82) is 32.5 Å². The van der Waals surface area contributed by atoms with E-state index in [1.54, 1.807) is 54.6 Å². The molecule has 17 N–H and O–H groups in total. The number of hydrogen-bond acceptors (Lipinski definition) is 22. The molecule has 582 valence electrons. The topological polar surface area (TPSA) is 427 Å². The molecular weight excluding hydrogens is 1720 g/mol. The van der Waals surface area contributed by atoms with Crippen LogP contribution in [0.4, 0.5) is 0 Å². The van der Waals surface area contributed by atoms with E-state index < -0.39 is 68.2 Å². The summed E-state index contributed by atoms with van der Waals surface area (Å²) in [6, 6.07) is 6.68. The third-order valence-electron chi connectivity index (χ3n) is 10.9. The monoisotopic (exact) mass is 1840 g/mol. The molecule has 0 aromatic heterocycles. The summed E-state index contributed by atoms with van der Waals surface area (Å²) in [6.07, 6.45) is 14.0. The molecule has 0 aliphatic heterocycles. The molecule has 22 nitrogen and oxygen atoms in total. The van der Waals surface area contributed by atoms with E-state index in [9.17, 15) is 15.3 Å². The van der Waals surface area contributed by atoms with Crippen molar-refractivity contribution >= 4 is 101 Å². The molecule has 9 atom stereocenters. The van der Waals surface area contributed by atoms with Crippen LogP contribution in [-0.4, -0.2) is 259 Å². The number of rotatable bonds is 24. The summed E-state index contributed by atoms with van der Waals surface area (Å²) >= 11 is 0. The van der Waals surface area contributed by atoms with E-state index in [0.29, 0.717) is 6.42 Å². The van der Waals surface area contributed by atoms with E-state index >= 15 is 0 Å². The average Bonchev–Trinajstić information content (AvgIpc) is 3.42. The van der Waals surface area contributed by atoms with Gasteiger partial charge in [0.2, 0.25) is 0 Å². The number of aliphatic hydroxyl groups is 11. The van der Waals surface area contributed by atoms with Crippen molar-refractivity contribution in [3.63, 3.8) is 0 Å². The Balaban J connectivity index is -0.0000000283. The van der Waals surface area contributed by atoms with Gasteiger partial charge in [0.25, 0.3) is 0 Å². The Morgan fingerprint density at radius 3 is 0.711 bits per heavy atom. The Labute approximate surface area is 660 Å². The van der Waals surface area contributed by atoms with Gasteiger partial charge in [0.15, 0.2) is 0 Å². The Kier molecular flexibility index (Phi) is 199. The Bertz CT molecular complexity index is 1510. The zero-order valence-electron chi connectivity index (χ0n) is 56.5. The fourth-order valence-electron chi connectivity index (χ4n) is 4.61. The van der Waals surface area contributed by atoms with Gasteiger partial charge in [-0.2, -0.15) is 0 Å². The minimum Gasteiger partial charge on any atom is -0.391 e. The fourth-order valence-corrected chi connectivity index (χ4v) is 12.0. The molecule has 0 radical (unpaired) electrons. The van der Waals surface area contributed by atoms with E-state index in [-0.39, 0.29) is 212 Å². The van der Waals surface area contributed by atoms with Crippen LogP contribution in [0.1, 0.15) is 82.1 Å². The van der Waals surface area contributed by atoms with Gasteiger partial charge in [0.1, 0.15) is 6.10 Å². The molecule has 0 fully saturated rings. The first-order chi connectivity index (χ1) is 36.6. The van der Waals surface area contributed by atoms with Gasteiger partial charge >= 0.3 is 0 Å². The minimum atomic E-state index is -1.51. The number of hydrogen-bond donors (Lipinski definition) is 17. The molecule has 0 bridgehead atoms. The first-order valence-electron chi connectivity index (χ1n) is 26.7. The van der Waals surface area contributed by atoms with Crippen LogP contribution in [0.25, 0.3) is 0 Å². The van der Waals surface area contributed by atoms with Gasteiger partial charge in [-0.25, -0.2) is 0 Å². The third kappa shape index (κ3) is 127. The van der Waals surface area contributed by atoms with Gasteiger partial charge in [-0.1, -0.05) is 137 Å². The maximum absolute atomic E-state index is 9.87. The van der Waals surface area contributed by atoms with Gasteiger partial charge in [-0.05, 0) is 26.7 Å². The Morgan fingerprint density at radius 2 is 0.644 bits per heavy atom. The van der Waals surface area contributed by atoms with Gasteiger partial charge in [-0.15, -0.1) is 6.58 Å². The van der Waals surface area contributed by atoms with Crippen LogP contribution in [0.3, 0.4) is 0 Å². The average molecular weight is 1850 g/mol. The number of nitrogens with zero attached hydrogens (tertiary/aromatic N) is 5. The number of aliphatic imine (C=N–C) groups is 5. The first kappa shape index (κ1) is 155. The number of aliphatic hydroxyl groups excluding tert-OH is 11. The van der Waals surface area contributed by atoms with E-state index in [2.05, 4.69) is 92.7 Å². The molecule has 0 aromatic carbocycles. The molecular formula is C53H123N11Ni11O11Si4. The molecule has 0 spiro atoms. The van der Waals surface area contributed by atoms with Crippen molar-refractivity contribution in [2.75, 3.05) is 48.5 Å². The largest absolute Gasteiger partial charge is 0.391 e. The normalized spacial score (nSPS) is 12.5. The molecule has 37 heteroatoms. The van der Waals surface area contributed by atoms with Crippen molar-refractivity contribution in [1.82, 2.24) is 0 Å². The quantitative estimate of drug-likeness (QED) is 0.0287. The molecule has 0 rings (SSSR count). The van der Waals surface area contributed by atoms with Crippen molar-refractivity contribution in [3.05, 3.63) is 12.7 Å². The van der Waals surface area contributed by atoms with Crippen molar-refractivity contribution in [2.24, 2.45) is 25.0 Å². The maximum Gasteiger partial charge on any atom is 0.106 e. The predicted molar refractivity (Wildman–Crippen MR) is 356 cm³/mol. The van der Waals surface area contributed by atoms with Crippen LogP contribution in [0.15, 0.2) is 37.6 Å². The number of nitrogens with one attached hydrogen (secondary N) is 6. The molecule has 0 aromatic rings. The summed E-state index contributed by atoms with van der Waals surface area (Å²) in [5.41, 5.74) is -1.44. The van der Waals surface area contributed by atoms with Crippen molar-refractivity contribution in [3.8, 4) is 0 Å². The molecule has 9 unspecified atom stereocenters. The molecule has 0 aliphatic rings. The molecule has 0 aliphatic carbocycles. The Hall–Kier alpha value is 1.97. The summed E-state index contributed by atoms with van der Waals surface area (Å²) in [4.78, 5) is 18.3. The Morgan fingerprint density at radius 1 is 0.367 bits per heavy atom. The van der Waals surface area contributed by atoms with Gasteiger partial charge in [0.05, 0.1) is 92.8 Å². The van der Waals surface area contributed by atoms with E-state index in [1.165, 1.54) is 37.9 Å². The van der Waals surface area contributed by atoms with Crippen LogP contribution >= 0.6 is 0 Å². The summed E-state index contributed by atoms with van der Waals surface area (Å²) in [5.74, 6) is 0. The maximum atomic E-state index is 9.87. The molecule has 90 heavy (non-hydrogen) atoms.